The first kappa shape index (κ1) is 22.9. The molecule has 3 aliphatic rings. The van der Waals surface area contributed by atoms with Gasteiger partial charge in [-0.2, -0.15) is 0 Å². The van der Waals surface area contributed by atoms with Crippen LogP contribution >= 0.6 is 0 Å². The fraction of sp³-hybridized carbons (Fsp3) is 0.360. The third kappa shape index (κ3) is 4.21. The van der Waals surface area contributed by atoms with Gasteiger partial charge in [0.05, 0.1) is 18.0 Å². The number of amides is 2. The highest BCUT2D eigenvalue weighted by Gasteiger charge is 2.43. The van der Waals surface area contributed by atoms with Crippen LogP contribution in [-0.4, -0.2) is 82.1 Å². The monoisotopic (exact) mass is 475 g/mol. The number of allylic oxidation sites excluding steroid dienone is 1. The summed E-state index contributed by atoms with van der Waals surface area (Å²) < 4.78 is 0. The second-order valence-corrected chi connectivity index (χ2v) is 9.17. The Bertz CT molecular complexity index is 1170. The normalized spacial score (nSPS) is 24.7. The number of hydrogen-bond donors (Lipinski definition) is 3. The first-order chi connectivity index (χ1) is 16.9. The van der Waals surface area contributed by atoms with Crippen molar-refractivity contribution in [1.82, 2.24) is 30.5 Å². The minimum Gasteiger partial charge on any atom is -0.389 e. The molecule has 1 aromatic heterocycles. The first-order valence-corrected chi connectivity index (χ1v) is 11.7. The van der Waals surface area contributed by atoms with Crippen LogP contribution in [0.25, 0.3) is 0 Å². The van der Waals surface area contributed by atoms with Crippen LogP contribution in [0.2, 0.25) is 0 Å². The maximum atomic E-state index is 12.6. The van der Waals surface area contributed by atoms with Crippen molar-refractivity contribution in [3.63, 3.8) is 0 Å². The van der Waals surface area contributed by atoms with Crippen molar-refractivity contribution in [3.8, 4) is 0 Å². The van der Waals surface area contributed by atoms with E-state index in [0.29, 0.717) is 36.0 Å². The van der Waals surface area contributed by atoms with Crippen LogP contribution in [-0.2, 0) is 0 Å². The Kier molecular flexibility index (Phi) is 5.89. The standard InChI is InChI=1S/C25H29N7O3/c1-15-10-11-32-23(21(15)16-4-6-17(7-5-16)24(35)31-13-19(33)14-31)30(3)25(29-32)28-18-8-9-20(27-12-18)22(34)26-2/h4-12,15,19,21,23,33H,13-14H2,1-3H3,(H,26,34)(H,28,29). The summed E-state index contributed by atoms with van der Waals surface area (Å²) in [6, 6.07) is 11.2. The zero-order valence-electron chi connectivity index (χ0n) is 19.9. The van der Waals surface area contributed by atoms with Gasteiger partial charge in [0.1, 0.15) is 11.9 Å². The highest BCUT2D eigenvalue weighted by Crippen LogP contribution is 2.38. The molecular formula is C25H29N7O3. The number of benzene rings is 1. The lowest BCUT2D eigenvalue weighted by atomic mass is 9.82. The number of carbonyl (C=O) groups excluding carboxylic acids is 2. The molecule has 35 heavy (non-hydrogen) atoms. The molecule has 2 aromatic rings. The number of pyridine rings is 1. The SMILES string of the molecule is CNC(=O)c1ccc(N=C2NN3C=CC(C)C(c4ccc(C(=O)N5CC(O)C5)cc4)C3N2C)cn1. The maximum Gasteiger partial charge on any atom is 0.269 e. The van der Waals surface area contributed by atoms with Crippen molar-refractivity contribution in [2.45, 2.75) is 25.1 Å². The predicted octanol–water partition coefficient (Wildman–Crippen LogP) is 1.27. The molecule has 182 valence electrons. The number of guanidine groups is 1. The van der Waals surface area contributed by atoms with Gasteiger partial charge < -0.3 is 20.2 Å². The number of aliphatic imine (C=N–C) groups is 1. The molecular weight excluding hydrogens is 446 g/mol. The molecule has 3 aliphatic heterocycles. The molecule has 0 radical (unpaired) electrons. The number of hydrazine groups is 1. The lowest BCUT2D eigenvalue weighted by Gasteiger charge is -2.39. The number of hydrogen-bond acceptors (Lipinski definition) is 6. The predicted molar refractivity (Wildman–Crippen MR) is 131 cm³/mol. The van der Waals surface area contributed by atoms with Crippen molar-refractivity contribution >= 4 is 23.5 Å². The average molecular weight is 476 g/mol. The van der Waals surface area contributed by atoms with Crippen LogP contribution in [0.3, 0.4) is 0 Å². The van der Waals surface area contributed by atoms with E-state index >= 15 is 0 Å². The van der Waals surface area contributed by atoms with E-state index in [4.69, 9.17) is 4.99 Å². The number of aromatic nitrogens is 1. The van der Waals surface area contributed by atoms with E-state index in [1.165, 1.54) is 0 Å². The van der Waals surface area contributed by atoms with Crippen LogP contribution in [0.15, 0.2) is 59.9 Å². The number of rotatable bonds is 4. The van der Waals surface area contributed by atoms with Crippen LogP contribution in [0, 0.1) is 5.92 Å². The Morgan fingerprint density at radius 2 is 1.91 bits per heavy atom. The van der Waals surface area contributed by atoms with E-state index < -0.39 is 6.10 Å². The largest absolute Gasteiger partial charge is 0.389 e. The van der Waals surface area contributed by atoms with E-state index in [0.717, 1.165) is 5.56 Å². The lowest BCUT2D eigenvalue weighted by molar-refractivity contribution is 0.00589. The molecule has 0 bridgehead atoms. The van der Waals surface area contributed by atoms with Crippen LogP contribution < -0.4 is 10.7 Å². The van der Waals surface area contributed by atoms with Crippen LogP contribution in [0.1, 0.15) is 39.3 Å². The van der Waals surface area contributed by atoms with Gasteiger partial charge in [-0.05, 0) is 35.7 Å². The highest BCUT2D eigenvalue weighted by molar-refractivity contribution is 5.95. The highest BCUT2D eigenvalue weighted by atomic mass is 16.3. The van der Waals surface area contributed by atoms with Gasteiger partial charge in [0.2, 0.25) is 5.96 Å². The molecule has 0 spiro atoms. The Hall–Kier alpha value is -3.92. The van der Waals surface area contributed by atoms with Gasteiger partial charge in [-0.1, -0.05) is 25.1 Å². The summed E-state index contributed by atoms with van der Waals surface area (Å²) in [6.45, 7) is 2.97. The topological polar surface area (TPSA) is 113 Å². The molecule has 3 N–H and O–H groups in total. The Morgan fingerprint density at radius 3 is 2.54 bits per heavy atom. The third-order valence-corrected chi connectivity index (χ3v) is 6.82. The summed E-state index contributed by atoms with van der Waals surface area (Å²) in [5.41, 5.74) is 6.09. The van der Waals surface area contributed by atoms with Gasteiger partial charge in [-0.15, -0.1) is 0 Å². The number of aliphatic hydroxyl groups excluding tert-OH is 1. The fourth-order valence-corrected chi connectivity index (χ4v) is 4.80. The molecule has 3 unspecified atom stereocenters. The summed E-state index contributed by atoms with van der Waals surface area (Å²) in [7, 11) is 3.56. The van der Waals surface area contributed by atoms with E-state index in [-0.39, 0.29) is 29.8 Å². The smallest absolute Gasteiger partial charge is 0.269 e. The summed E-state index contributed by atoms with van der Waals surface area (Å²) in [6.07, 6.45) is 5.34. The van der Waals surface area contributed by atoms with Crippen LogP contribution in [0.4, 0.5) is 5.69 Å². The van der Waals surface area contributed by atoms with E-state index in [1.807, 2.05) is 42.5 Å². The number of carbonyl (C=O) groups is 2. The Labute approximate surface area is 203 Å². The number of β-amino-alcohol motifs (C(OH)–C–C–N with tert-alkyl or cyclic N) is 1. The van der Waals surface area contributed by atoms with Crippen molar-refractivity contribution < 1.29 is 14.7 Å². The first-order valence-electron chi connectivity index (χ1n) is 11.7. The van der Waals surface area contributed by atoms with Crippen molar-refractivity contribution in [2.75, 3.05) is 27.2 Å². The quantitative estimate of drug-likeness (QED) is 0.610. The maximum absolute atomic E-state index is 12.6. The molecule has 0 aliphatic carbocycles. The third-order valence-electron chi connectivity index (χ3n) is 6.82. The molecule has 0 saturated carbocycles. The molecule has 2 fully saturated rings. The molecule has 10 heteroatoms. The number of aliphatic hydroxyl groups is 1. The summed E-state index contributed by atoms with van der Waals surface area (Å²) >= 11 is 0. The minimum atomic E-state index is -0.412. The van der Waals surface area contributed by atoms with E-state index in [1.54, 1.807) is 30.3 Å². The molecule has 2 saturated heterocycles. The van der Waals surface area contributed by atoms with Gasteiger partial charge in [0.15, 0.2) is 0 Å². The van der Waals surface area contributed by atoms with Gasteiger partial charge in [0, 0.05) is 44.9 Å². The van der Waals surface area contributed by atoms with Gasteiger partial charge in [-0.3, -0.25) is 20.0 Å². The van der Waals surface area contributed by atoms with E-state index in [9.17, 15) is 14.7 Å². The number of nitrogens with one attached hydrogen (secondary N) is 2. The van der Waals surface area contributed by atoms with Gasteiger partial charge in [-0.25, -0.2) is 9.98 Å². The zero-order valence-corrected chi connectivity index (χ0v) is 19.9. The van der Waals surface area contributed by atoms with Crippen molar-refractivity contribution in [2.24, 2.45) is 10.9 Å². The zero-order chi connectivity index (χ0) is 24.7. The van der Waals surface area contributed by atoms with Gasteiger partial charge in [0.25, 0.3) is 11.8 Å². The molecule has 1 aromatic carbocycles. The number of fused-ring (bicyclic) bond motifs is 1. The Balaban J connectivity index is 1.36. The van der Waals surface area contributed by atoms with E-state index in [2.05, 4.69) is 33.6 Å². The average Bonchev–Trinajstić information content (AvgIpc) is 3.17. The van der Waals surface area contributed by atoms with Crippen LogP contribution in [0.5, 0.6) is 0 Å². The fourth-order valence-electron chi connectivity index (χ4n) is 4.80. The number of likely N-dealkylation sites (tertiary alicyclic amines) is 1. The second kappa shape index (κ2) is 9.03. The Morgan fingerprint density at radius 1 is 1.17 bits per heavy atom. The summed E-state index contributed by atoms with van der Waals surface area (Å²) in [4.78, 5) is 37.0. The summed E-state index contributed by atoms with van der Waals surface area (Å²) in [5, 5.41) is 14.1. The number of likely N-dealkylation sites (N-methyl/N-ethyl adjacent to an activating group) is 1. The number of nitrogens with zero attached hydrogens (tertiary/aromatic N) is 5. The molecule has 3 atom stereocenters. The second-order valence-electron chi connectivity index (χ2n) is 9.17. The molecule has 4 heterocycles. The van der Waals surface area contributed by atoms with Crippen molar-refractivity contribution in [1.29, 1.82) is 0 Å². The van der Waals surface area contributed by atoms with Gasteiger partial charge >= 0.3 is 0 Å². The lowest BCUT2D eigenvalue weighted by Crippen LogP contribution is -2.53. The molecule has 5 rings (SSSR count). The van der Waals surface area contributed by atoms with Crippen molar-refractivity contribution in [3.05, 3.63) is 71.7 Å². The molecule has 2 amide bonds. The molecule has 10 nitrogen and oxygen atoms in total. The summed E-state index contributed by atoms with van der Waals surface area (Å²) in [5.74, 6) is 0.783. The minimum absolute atomic E-state index is 0.0149.